The molecule has 41 heavy (non-hydrogen) atoms. The van der Waals surface area contributed by atoms with Gasteiger partial charge in [0.05, 0.1) is 55.3 Å². The summed E-state index contributed by atoms with van der Waals surface area (Å²) >= 11 is 1.26. The van der Waals surface area contributed by atoms with E-state index in [2.05, 4.69) is 9.80 Å². The molecule has 2 fully saturated rings. The number of aromatic nitrogens is 2. The highest BCUT2D eigenvalue weighted by atomic mass is 32.2. The van der Waals surface area contributed by atoms with Crippen molar-refractivity contribution >= 4 is 40.2 Å². The number of rotatable bonds is 9. The van der Waals surface area contributed by atoms with Gasteiger partial charge in [0.15, 0.2) is 5.16 Å². The largest absolute Gasteiger partial charge is 0.495 e. The summed E-state index contributed by atoms with van der Waals surface area (Å²) in [5.41, 5.74) is 1.55. The van der Waals surface area contributed by atoms with Gasteiger partial charge in [0, 0.05) is 52.4 Å². The Hall–Kier alpha value is -3.61. The zero-order chi connectivity index (χ0) is 28.8. The summed E-state index contributed by atoms with van der Waals surface area (Å²) in [7, 11) is 2.97. The van der Waals surface area contributed by atoms with E-state index in [1.165, 1.54) is 18.9 Å². The van der Waals surface area contributed by atoms with Crippen LogP contribution in [-0.4, -0.2) is 110 Å². The van der Waals surface area contributed by atoms with Crippen LogP contribution in [-0.2, 0) is 20.8 Å². The van der Waals surface area contributed by atoms with Crippen LogP contribution in [0.5, 0.6) is 5.75 Å². The molecule has 0 saturated carbocycles. The Labute approximate surface area is 243 Å². The third-order valence-electron chi connectivity index (χ3n) is 7.47. The fourth-order valence-electron chi connectivity index (χ4n) is 5.12. The minimum atomic E-state index is -0.498. The molecule has 2 aromatic carbocycles. The Morgan fingerprint density at radius 3 is 2.46 bits per heavy atom. The zero-order valence-corrected chi connectivity index (χ0v) is 24.2. The normalized spacial score (nSPS) is 16.1. The standard InChI is InChI=1S/C29H35N5O6S/c1-38-25-6-4-3-5-24(25)32-10-12-33(13-11-32)26(35)20-41-29-30-23-19-21(28(37)39-2)7-8-22(23)27(36)34(29)14-9-31-15-17-40-18-16-31/h3-8,19H,9-18,20H2,1-2H3. The molecule has 1 aromatic heterocycles. The van der Waals surface area contributed by atoms with E-state index in [0.717, 1.165) is 24.5 Å². The van der Waals surface area contributed by atoms with Gasteiger partial charge in [0.2, 0.25) is 5.91 Å². The number of amides is 1. The van der Waals surface area contributed by atoms with Crippen molar-refractivity contribution in [2.24, 2.45) is 0 Å². The second-order valence-corrected chi connectivity index (χ2v) is 10.8. The van der Waals surface area contributed by atoms with Crippen LogP contribution in [0.25, 0.3) is 10.9 Å². The third kappa shape index (κ3) is 6.66. The van der Waals surface area contributed by atoms with E-state index in [4.69, 9.17) is 19.2 Å². The summed E-state index contributed by atoms with van der Waals surface area (Å²) in [5.74, 6) is 0.463. The van der Waals surface area contributed by atoms with E-state index < -0.39 is 5.97 Å². The summed E-state index contributed by atoms with van der Waals surface area (Å²) < 4.78 is 17.4. The van der Waals surface area contributed by atoms with Gasteiger partial charge in [-0.3, -0.25) is 19.1 Å². The fourth-order valence-corrected chi connectivity index (χ4v) is 6.05. The monoisotopic (exact) mass is 581 g/mol. The van der Waals surface area contributed by atoms with E-state index in [1.807, 2.05) is 29.2 Å². The van der Waals surface area contributed by atoms with E-state index >= 15 is 0 Å². The first-order chi connectivity index (χ1) is 20.0. The van der Waals surface area contributed by atoms with E-state index in [-0.39, 0.29) is 17.2 Å². The number of carbonyl (C=O) groups excluding carboxylic acids is 2. The lowest BCUT2D eigenvalue weighted by molar-refractivity contribution is -0.128. The van der Waals surface area contributed by atoms with Crippen LogP contribution >= 0.6 is 11.8 Å². The molecule has 0 spiro atoms. The highest BCUT2D eigenvalue weighted by molar-refractivity contribution is 7.99. The maximum absolute atomic E-state index is 13.6. The van der Waals surface area contributed by atoms with Crippen LogP contribution in [0.3, 0.4) is 0 Å². The van der Waals surface area contributed by atoms with Crippen LogP contribution < -0.4 is 15.2 Å². The van der Waals surface area contributed by atoms with Crippen LogP contribution in [0.2, 0.25) is 0 Å². The fraction of sp³-hybridized carbons (Fsp3) is 0.448. The molecule has 0 unspecified atom stereocenters. The molecule has 0 aliphatic carbocycles. The van der Waals surface area contributed by atoms with Crippen molar-refractivity contribution in [2.45, 2.75) is 11.7 Å². The van der Waals surface area contributed by atoms with Gasteiger partial charge in [-0.05, 0) is 30.3 Å². The quantitative estimate of drug-likeness (QED) is 0.212. The van der Waals surface area contributed by atoms with Crippen LogP contribution in [0.15, 0.2) is 52.4 Å². The Morgan fingerprint density at radius 2 is 1.73 bits per heavy atom. The molecule has 11 nitrogen and oxygen atoms in total. The third-order valence-corrected chi connectivity index (χ3v) is 8.43. The summed E-state index contributed by atoms with van der Waals surface area (Å²) in [6.45, 7) is 6.64. The molecule has 218 valence electrons. The molecule has 3 heterocycles. The number of nitrogens with zero attached hydrogens (tertiary/aromatic N) is 5. The van der Waals surface area contributed by atoms with Crippen LogP contribution in [0, 0.1) is 0 Å². The number of anilines is 1. The van der Waals surface area contributed by atoms with Crippen molar-refractivity contribution in [2.75, 3.05) is 83.9 Å². The van der Waals surface area contributed by atoms with Gasteiger partial charge in [-0.2, -0.15) is 0 Å². The number of para-hydroxylation sites is 2. The van der Waals surface area contributed by atoms with Crippen molar-refractivity contribution in [3.8, 4) is 5.75 Å². The van der Waals surface area contributed by atoms with Crippen LogP contribution in [0.4, 0.5) is 5.69 Å². The average Bonchev–Trinajstić information content (AvgIpc) is 3.03. The number of hydrogen-bond acceptors (Lipinski definition) is 10. The van der Waals surface area contributed by atoms with Crippen molar-refractivity contribution in [1.29, 1.82) is 0 Å². The van der Waals surface area contributed by atoms with Gasteiger partial charge in [0.1, 0.15) is 5.75 Å². The molecule has 0 N–H and O–H groups in total. The molecule has 12 heteroatoms. The predicted octanol–water partition coefficient (Wildman–Crippen LogP) is 1.96. The number of hydrogen-bond donors (Lipinski definition) is 0. The van der Waals surface area contributed by atoms with Gasteiger partial charge in [-0.25, -0.2) is 9.78 Å². The summed E-state index contributed by atoms with van der Waals surface area (Å²) in [4.78, 5) is 50.0. The maximum atomic E-state index is 13.6. The predicted molar refractivity (Wildman–Crippen MR) is 157 cm³/mol. The number of morpholine rings is 1. The minimum Gasteiger partial charge on any atom is -0.495 e. The number of fused-ring (bicyclic) bond motifs is 1. The molecule has 2 saturated heterocycles. The topological polar surface area (TPSA) is 106 Å². The van der Waals surface area contributed by atoms with Crippen molar-refractivity contribution in [3.05, 3.63) is 58.4 Å². The molecule has 0 atom stereocenters. The number of thioether (sulfide) groups is 1. The van der Waals surface area contributed by atoms with Gasteiger partial charge < -0.3 is 24.0 Å². The molecule has 1 amide bonds. The van der Waals surface area contributed by atoms with E-state index in [1.54, 1.807) is 29.9 Å². The van der Waals surface area contributed by atoms with Gasteiger partial charge >= 0.3 is 5.97 Å². The van der Waals surface area contributed by atoms with Gasteiger partial charge in [-0.1, -0.05) is 23.9 Å². The molecular weight excluding hydrogens is 546 g/mol. The van der Waals surface area contributed by atoms with Gasteiger partial charge in [-0.15, -0.1) is 0 Å². The number of carbonyl (C=O) groups is 2. The molecular formula is C29H35N5O6S. The lowest BCUT2D eigenvalue weighted by Crippen LogP contribution is -2.49. The highest BCUT2D eigenvalue weighted by Gasteiger charge is 2.24. The highest BCUT2D eigenvalue weighted by Crippen LogP contribution is 2.28. The number of ether oxygens (including phenoxy) is 3. The van der Waals surface area contributed by atoms with E-state index in [9.17, 15) is 14.4 Å². The lowest BCUT2D eigenvalue weighted by Gasteiger charge is -2.36. The van der Waals surface area contributed by atoms with Crippen molar-refractivity contribution in [1.82, 2.24) is 19.4 Å². The van der Waals surface area contributed by atoms with E-state index in [0.29, 0.717) is 74.1 Å². The zero-order valence-electron chi connectivity index (χ0n) is 23.4. The number of esters is 1. The summed E-state index contributed by atoms with van der Waals surface area (Å²) in [5, 5.41) is 0.876. The first kappa shape index (κ1) is 28.9. The molecule has 2 aliphatic rings. The average molecular weight is 582 g/mol. The maximum Gasteiger partial charge on any atom is 0.337 e. The minimum absolute atomic E-state index is 0.00735. The van der Waals surface area contributed by atoms with Crippen molar-refractivity contribution < 1.29 is 23.8 Å². The summed E-state index contributed by atoms with van der Waals surface area (Å²) in [6.07, 6.45) is 0. The van der Waals surface area contributed by atoms with Gasteiger partial charge in [0.25, 0.3) is 5.56 Å². The van der Waals surface area contributed by atoms with Crippen molar-refractivity contribution in [3.63, 3.8) is 0 Å². The molecule has 2 aliphatic heterocycles. The second kappa shape index (κ2) is 13.4. The number of benzene rings is 2. The number of piperazine rings is 1. The first-order valence-electron chi connectivity index (χ1n) is 13.7. The Kier molecular flexibility index (Phi) is 9.42. The molecule has 3 aromatic rings. The molecule has 0 radical (unpaired) electrons. The molecule has 0 bridgehead atoms. The second-order valence-electron chi connectivity index (χ2n) is 9.86. The van der Waals surface area contributed by atoms with Crippen LogP contribution in [0.1, 0.15) is 10.4 Å². The smallest absolute Gasteiger partial charge is 0.337 e. The number of methoxy groups -OCH3 is 2. The first-order valence-corrected chi connectivity index (χ1v) is 14.7. The lowest BCUT2D eigenvalue weighted by atomic mass is 10.1. The summed E-state index contributed by atoms with van der Waals surface area (Å²) in [6, 6.07) is 12.6. The Bertz CT molecular complexity index is 1450. The Balaban J connectivity index is 1.31. The SMILES string of the molecule is COC(=O)c1ccc2c(=O)n(CCN3CCOCC3)c(SCC(=O)N3CCN(c4ccccc4OC)CC3)nc2c1. The Morgan fingerprint density at radius 1 is 0.976 bits per heavy atom. The molecule has 5 rings (SSSR count).